The van der Waals surface area contributed by atoms with Crippen LogP contribution in [0.2, 0.25) is 0 Å². The van der Waals surface area contributed by atoms with Gasteiger partial charge >= 0.3 is 0 Å². The SMILES string of the molecule is CN1CCC(CO)C(C)(N)C1. The van der Waals surface area contributed by atoms with Gasteiger partial charge in [0.05, 0.1) is 0 Å². The maximum absolute atomic E-state index is 9.01. The Labute approximate surface area is 68.2 Å². The molecule has 1 rings (SSSR count). The molecular formula is C8H18N2O. The topological polar surface area (TPSA) is 49.5 Å². The minimum absolute atomic E-state index is 0.207. The van der Waals surface area contributed by atoms with Crippen molar-refractivity contribution in [2.24, 2.45) is 11.7 Å². The van der Waals surface area contributed by atoms with Gasteiger partial charge in [-0.1, -0.05) is 0 Å². The van der Waals surface area contributed by atoms with Gasteiger partial charge in [-0.2, -0.15) is 0 Å². The summed E-state index contributed by atoms with van der Waals surface area (Å²) in [5.41, 5.74) is 5.81. The van der Waals surface area contributed by atoms with Gasteiger partial charge in [-0.05, 0) is 26.9 Å². The monoisotopic (exact) mass is 158 g/mol. The Balaban J connectivity index is 2.56. The molecular weight excluding hydrogens is 140 g/mol. The van der Waals surface area contributed by atoms with E-state index in [-0.39, 0.29) is 18.1 Å². The number of hydrogen-bond acceptors (Lipinski definition) is 3. The third-order valence-electron chi connectivity index (χ3n) is 2.62. The van der Waals surface area contributed by atoms with E-state index >= 15 is 0 Å². The average molecular weight is 158 g/mol. The molecule has 0 aliphatic carbocycles. The molecule has 3 nitrogen and oxygen atoms in total. The lowest BCUT2D eigenvalue weighted by Gasteiger charge is -2.41. The Morgan fingerprint density at radius 1 is 1.73 bits per heavy atom. The number of rotatable bonds is 1. The Morgan fingerprint density at radius 3 is 2.82 bits per heavy atom. The highest BCUT2D eigenvalue weighted by atomic mass is 16.3. The second-order valence-corrected chi connectivity index (χ2v) is 3.91. The number of nitrogens with zero attached hydrogens (tertiary/aromatic N) is 1. The van der Waals surface area contributed by atoms with Crippen LogP contribution in [-0.2, 0) is 0 Å². The highest BCUT2D eigenvalue weighted by Crippen LogP contribution is 2.23. The molecule has 0 bridgehead atoms. The normalized spacial score (nSPS) is 40.9. The molecule has 1 fully saturated rings. The fraction of sp³-hybridized carbons (Fsp3) is 1.00. The van der Waals surface area contributed by atoms with Crippen LogP contribution in [0.25, 0.3) is 0 Å². The van der Waals surface area contributed by atoms with Gasteiger partial charge in [-0.15, -0.1) is 0 Å². The molecule has 0 radical (unpaired) electrons. The number of hydrogen-bond donors (Lipinski definition) is 2. The molecule has 0 spiro atoms. The fourth-order valence-corrected chi connectivity index (χ4v) is 1.80. The molecule has 3 N–H and O–H groups in total. The highest BCUT2D eigenvalue weighted by Gasteiger charge is 2.34. The second-order valence-electron chi connectivity index (χ2n) is 3.91. The van der Waals surface area contributed by atoms with E-state index in [9.17, 15) is 0 Å². The molecule has 0 amide bonds. The summed E-state index contributed by atoms with van der Waals surface area (Å²) in [6.07, 6.45) is 1.01. The Kier molecular flexibility index (Phi) is 2.52. The number of nitrogens with two attached hydrogens (primary N) is 1. The van der Waals surface area contributed by atoms with Gasteiger partial charge in [0.25, 0.3) is 0 Å². The first-order valence-corrected chi connectivity index (χ1v) is 4.14. The number of likely N-dealkylation sites (tertiary alicyclic amines) is 1. The third kappa shape index (κ3) is 1.92. The maximum Gasteiger partial charge on any atom is 0.0477 e. The van der Waals surface area contributed by atoms with Gasteiger partial charge < -0.3 is 15.7 Å². The summed E-state index contributed by atoms with van der Waals surface area (Å²) < 4.78 is 0. The average Bonchev–Trinajstić information content (AvgIpc) is 1.85. The van der Waals surface area contributed by atoms with Crippen LogP contribution in [0.1, 0.15) is 13.3 Å². The third-order valence-corrected chi connectivity index (χ3v) is 2.62. The number of aliphatic hydroxyl groups is 1. The summed E-state index contributed by atoms with van der Waals surface area (Å²) in [7, 11) is 2.07. The predicted octanol–water partition coefficient (Wildman–Crippen LogP) is -0.352. The zero-order valence-electron chi connectivity index (χ0n) is 7.38. The van der Waals surface area contributed by atoms with Gasteiger partial charge in [-0.3, -0.25) is 0 Å². The quantitative estimate of drug-likeness (QED) is 0.548. The summed E-state index contributed by atoms with van der Waals surface area (Å²) in [4.78, 5) is 2.21. The predicted molar refractivity (Wildman–Crippen MR) is 45.3 cm³/mol. The Morgan fingerprint density at radius 2 is 2.36 bits per heavy atom. The van der Waals surface area contributed by atoms with Crippen LogP contribution in [0.3, 0.4) is 0 Å². The Bertz CT molecular complexity index is 136. The van der Waals surface area contributed by atoms with Crippen molar-refractivity contribution in [3.63, 3.8) is 0 Å². The molecule has 0 aromatic rings. The van der Waals surface area contributed by atoms with E-state index in [1.807, 2.05) is 6.92 Å². The van der Waals surface area contributed by atoms with Crippen molar-refractivity contribution in [3.05, 3.63) is 0 Å². The lowest BCUT2D eigenvalue weighted by molar-refractivity contribution is 0.0767. The van der Waals surface area contributed by atoms with Crippen LogP contribution in [0, 0.1) is 5.92 Å². The van der Waals surface area contributed by atoms with E-state index in [0.29, 0.717) is 0 Å². The zero-order valence-corrected chi connectivity index (χ0v) is 7.38. The molecule has 1 aliphatic rings. The van der Waals surface area contributed by atoms with Crippen molar-refractivity contribution < 1.29 is 5.11 Å². The highest BCUT2D eigenvalue weighted by molar-refractivity contribution is 4.93. The molecule has 3 heteroatoms. The van der Waals surface area contributed by atoms with E-state index in [2.05, 4.69) is 11.9 Å². The lowest BCUT2D eigenvalue weighted by atomic mass is 9.81. The first kappa shape index (κ1) is 8.97. The summed E-state index contributed by atoms with van der Waals surface area (Å²) in [6, 6.07) is 0. The van der Waals surface area contributed by atoms with Crippen LogP contribution in [0.5, 0.6) is 0 Å². The molecule has 0 aromatic heterocycles. The minimum atomic E-state index is -0.207. The maximum atomic E-state index is 9.01. The number of aliphatic hydroxyl groups excluding tert-OH is 1. The summed E-state index contributed by atoms with van der Waals surface area (Å²) >= 11 is 0. The zero-order chi connectivity index (χ0) is 8.48. The van der Waals surface area contributed by atoms with Crippen molar-refractivity contribution >= 4 is 0 Å². The van der Waals surface area contributed by atoms with Gasteiger partial charge in [-0.25, -0.2) is 0 Å². The van der Waals surface area contributed by atoms with Crippen molar-refractivity contribution in [1.82, 2.24) is 4.90 Å². The van der Waals surface area contributed by atoms with Crippen LogP contribution >= 0.6 is 0 Å². The lowest BCUT2D eigenvalue weighted by Crippen LogP contribution is -2.57. The standard InChI is InChI=1S/C8H18N2O/c1-8(9)6-10(2)4-3-7(8)5-11/h7,11H,3-6,9H2,1-2H3. The first-order valence-electron chi connectivity index (χ1n) is 4.14. The number of likely N-dealkylation sites (N-methyl/N-ethyl adjacent to an activating group) is 1. The van der Waals surface area contributed by atoms with E-state index in [4.69, 9.17) is 10.8 Å². The Hall–Kier alpha value is -0.120. The van der Waals surface area contributed by atoms with Crippen LogP contribution in [0.4, 0.5) is 0 Å². The summed E-state index contributed by atoms with van der Waals surface area (Å²) in [5, 5.41) is 9.01. The van der Waals surface area contributed by atoms with E-state index in [1.54, 1.807) is 0 Å². The van der Waals surface area contributed by atoms with E-state index in [1.165, 1.54) is 0 Å². The van der Waals surface area contributed by atoms with Crippen LogP contribution < -0.4 is 5.73 Å². The molecule has 11 heavy (non-hydrogen) atoms. The molecule has 2 unspecified atom stereocenters. The van der Waals surface area contributed by atoms with E-state index < -0.39 is 0 Å². The van der Waals surface area contributed by atoms with E-state index in [0.717, 1.165) is 19.5 Å². The minimum Gasteiger partial charge on any atom is -0.396 e. The first-order chi connectivity index (χ1) is 5.06. The summed E-state index contributed by atoms with van der Waals surface area (Å²) in [6.45, 7) is 4.18. The molecule has 0 saturated carbocycles. The molecule has 2 atom stereocenters. The van der Waals surface area contributed by atoms with Gasteiger partial charge in [0.15, 0.2) is 0 Å². The van der Waals surface area contributed by atoms with Gasteiger partial charge in [0, 0.05) is 24.6 Å². The molecule has 1 aliphatic heterocycles. The summed E-state index contributed by atoms with van der Waals surface area (Å²) in [5.74, 6) is 0.277. The van der Waals surface area contributed by atoms with Crippen LogP contribution in [-0.4, -0.2) is 42.3 Å². The molecule has 66 valence electrons. The van der Waals surface area contributed by atoms with Crippen molar-refractivity contribution in [1.29, 1.82) is 0 Å². The molecule has 0 aromatic carbocycles. The largest absolute Gasteiger partial charge is 0.396 e. The van der Waals surface area contributed by atoms with Crippen LogP contribution in [0.15, 0.2) is 0 Å². The smallest absolute Gasteiger partial charge is 0.0477 e. The fourth-order valence-electron chi connectivity index (χ4n) is 1.80. The van der Waals surface area contributed by atoms with Crippen molar-refractivity contribution in [2.45, 2.75) is 18.9 Å². The van der Waals surface area contributed by atoms with Crippen molar-refractivity contribution in [2.75, 3.05) is 26.7 Å². The van der Waals surface area contributed by atoms with Gasteiger partial charge in [0.2, 0.25) is 0 Å². The second kappa shape index (κ2) is 3.09. The molecule has 1 saturated heterocycles. The number of piperidine rings is 1. The van der Waals surface area contributed by atoms with Crippen molar-refractivity contribution in [3.8, 4) is 0 Å². The molecule has 1 heterocycles. The van der Waals surface area contributed by atoms with Gasteiger partial charge in [0.1, 0.15) is 0 Å².